The van der Waals surface area contributed by atoms with Gasteiger partial charge >= 0.3 is 0 Å². The number of hydrogen-bond acceptors (Lipinski definition) is 18. The van der Waals surface area contributed by atoms with Crippen LogP contribution in [0.1, 0.15) is 239 Å². The van der Waals surface area contributed by atoms with E-state index in [1.54, 1.807) is 6.08 Å². The highest BCUT2D eigenvalue weighted by Gasteiger charge is 2.53. The third kappa shape index (κ3) is 29.3. The van der Waals surface area contributed by atoms with Gasteiger partial charge in [0.05, 0.1) is 38.6 Å². The molecule has 482 valence electrons. The highest BCUT2D eigenvalue weighted by Crippen LogP contribution is 2.33. The number of allylic oxidation sites excluding steroid dienone is 3. The molecule has 0 aromatic carbocycles. The quantitative estimate of drug-likeness (QED) is 0.0213. The minimum Gasteiger partial charge on any atom is -0.394 e. The maximum absolute atomic E-state index is 13.3. The maximum Gasteiger partial charge on any atom is 0.220 e. The first-order valence-electron chi connectivity index (χ1n) is 32.6. The molecule has 19 heteroatoms. The molecule has 0 spiro atoms. The fraction of sp³-hybridized carbons (Fsp3) is 0.921. The Bertz CT molecular complexity index is 1590. The molecular formula is C63H117NO18. The number of amides is 1. The van der Waals surface area contributed by atoms with Crippen LogP contribution in [0.25, 0.3) is 0 Å². The van der Waals surface area contributed by atoms with Crippen LogP contribution in [0.5, 0.6) is 0 Å². The topological polar surface area (TPSA) is 307 Å². The lowest BCUT2D eigenvalue weighted by molar-refractivity contribution is -0.379. The highest BCUT2D eigenvalue weighted by atomic mass is 16.8. The van der Waals surface area contributed by atoms with Crippen LogP contribution in [0.2, 0.25) is 0 Å². The van der Waals surface area contributed by atoms with Crippen molar-refractivity contribution in [2.45, 2.75) is 343 Å². The van der Waals surface area contributed by atoms with E-state index in [1.165, 1.54) is 141 Å². The normalized spacial score (nSPS) is 29.7. The summed E-state index contributed by atoms with van der Waals surface area (Å²) in [5.74, 6) is -0.286. The van der Waals surface area contributed by atoms with E-state index in [4.69, 9.17) is 28.4 Å². The number of rotatable bonds is 49. The molecule has 3 aliphatic rings. The SMILES string of the molecule is CCC/C=C\CCCCCCCC(=O)NC(COC1OC(CO)C(OC2OC(CO)C(OC3OC(CO)C(O)C(O)C3O)C(O)C2O)C(O)C1O)C(O)/C=C/CCCCCCCCCCCCCCCCCCCCCCCCCCC. The minimum atomic E-state index is -1.98. The number of hydrogen-bond donors (Lipinski definition) is 12. The van der Waals surface area contributed by atoms with E-state index >= 15 is 0 Å². The molecular weight excluding hydrogens is 1060 g/mol. The summed E-state index contributed by atoms with van der Waals surface area (Å²) in [6.07, 6.45) is 23.3. The molecule has 3 aliphatic heterocycles. The van der Waals surface area contributed by atoms with Crippen molar-refractivity contribution in [1.29, 1.82) is 0 Å². The number of carbonyl (C=O) groups excluding carboxylic acids is 1. The Balaban J connectivity index is 1.41. The molecule has 0 radical (unpaired) electrons. The predicted octanol–water partition coefficient (Wildman–Crippen LogP) is 7.10. The molecule has 17 atom stereocenters. The molecule has 3 fully saturated rings. The predicted molar refractivity (Wildman–Crippen MR) is 314 cm³/mol. The molecule has 0 aromatic rings. The number of carbonyl (C=O) groups is 1. The minimum absolute atomic E-state index is 0.233. The number of ether oxygens (including phenoxy) is 6. The molecule has 0 saturated carbocycles. The summed E-state index contributed by atoms with van der Waals surface area (Å²) in [6, 6.07) is -0.974. The van der Waals surface area contributed by atoms with Crippen LogP contribution in [-0.2, 0) is 33.2 Å². The lowest BCUT2D eigenvalue weighted by Crippen LogP contribution is -2.66. The zero-order chi connectivity index (χ0) is 59.7. The Morgan fingerprint density at radius 1 is 0.427 bits per heavy atom. The van der Waals surface area contributed by atoms with Gasteiger partial charge < -0.3 is 89.9 Å². The van der Waals surface area contributed by atoms with Gasteiger partial charge in [0.1, 0.15) is 73.2 Å². The highest BCUT2D eigenvalue weighted by molar-refractivity contribution is 5.76. The number of aliphatic hydroxyl groups is 11. The van der Waals surface area contributed by atoms with Gasteiger partial charge in [-0.2, -0.15) is 0 Å². The molecule has 1 amide bonds. The Labute approximate surface area is 492 Å². The van der Waals surface area contributed by atoms with Crippen molar-refractivity contribution in [2.75, 3.05) is 26.4 Å². The Morgan fingerprint density at radius 2 is 0.793 bits per heavy atom. The first-order chi connectivity index (χ1) is 39.8. The number of unbranched alkanes of at least 4 members (excludes halogenated alkanes) is 31. The Morgan fingerprint density at radius 3 is 1.23 bits per heavy atom. The summed E-state index contributed by atoms with van der Waals surface area (Å²) in [4.78, 5) is 13.3. The van der Waals surface area contributed by atoms with E-state index in [2.05, 4.69) is 31.3 Å². The van der Waals surface area contributed by atoms with Crippen molar-refractivity contribution in [3.8, 4) is 0 Å². The van der Waals surface area contributed by atoms with Crippen molar-refractivity contribution in [3.63, 3.8) is 0 Å². The average Bonchev–Trinajstić information content (AvgIpc) is 3.66. The standard InChI is InChI=1S/C63H117NO18/c1-3-5-7-9-11-13-15-16-17-18-19-20-21-22-23-24-25-26-27-28-29-30-31-32-34-36-38-40-47(68)46(64-51(69)41-39-37-35-33-14-12-10-8-6-4-2)45-77-61-57(75)54(72)59(49(43-66)79-61)82-63-58(76)55(73)60(50(44-67)80-63)81-62-56(74)53(71)52(70)48(42-65)78-62/h8,10,38,40,46-50,52-63,65-68,70-76H,3-7,9,11-37,39,41-45H2,1-2H3,(H,64,69)/b10-8-,40-38+. The molecule has 3 rings (SSSR count). The molecule has 19 nitrogen and oxygen atoms in total. The maximum atomic E-state index is 13.3. The second-order valence-electron chi connectivity index (χ2n) is 23.6. The molecule has 0 aliphatic carbocycles. The van der Waals surface area contributed by atoms with E-state index < -0.39 is 124 Å². The molecule has 3 heterocycles. The third-order valence-electron chi connectivity index (χ3n) is 16.5. The summed E-state index contributed by atoms with van der Waals surface area (Å²) in [7, 11) is 0. The van der Waals surface area contributed by atoms with Crippen molar-refractivity contribution in [1.82, 2.24) is 5.32 Å². The fourth-order valence-corrected chi connectivity index (χ4v) is 11.1. The molecule has 17 unspecified atom stereocenters. The van der Waals surface area contributed by atoms with Gasteiger partial charge in [0.25, 0.3) is 0 Å². The van der Waals surface area contributed by atoms with Crippen LogP contribution in [0.15, 0.2) is 24.3 Å². The lowest BCUT2D eigenvalue weighted by atomic mass is 9.96. The summed E-state index contributed by atoms with van der Waals surface area (Å²) in [5, 5.41) is 120. The van der Waals surface area contributed by atoms with E-state index in [1.807, 2.05) is 6.08 Å². The van der Waals surface area contributed by atoms with E-state index in [0.29, 0.717) is 6.42 Å². The van der Waals surface area contributed by atoms with Crippen LogP contribution >= 0.6 is 0 Å². The fourth-order valence-electron chi connectivity index (χ4n) is 11.1. The van der Waals surface area contributed by atoms with Crippen molar-refractivity contribution in [3.05, 3.63) is 24.3 Å². The molecule has 0 aromatic heterocycles. The van der Waals surface area contributed by atoms with Gasteiger partial charge in [-0.05, 0) is 38.5 Å². The Hall–Kier alpha value is -1.73. The van der Waals surface area contributed by atoms with E-state index in [-0.39, 0.29) is 18.9 Å². The summed E-state index contributed by atoms with van der Waals surface area (Å²) >= 11 is 0. The van der Waals surface area contributed by atoms with Crippen molar-refractivity contribution >= 4 is 5.91 Å². The van der Waals surface area contributed by atoms with Gasteiger partial charge in [0.15, 0.2) is 18.9 Å². The molecule has 12 N–H and O–H groups in total. The van der Waals surface area contributed by atoms with Crippen LogP contribution < -0.4 is 5.32 Å². The zero-order valence-corrected chi connectivity index (χ0v) is 50.5. The van der Waals surface area contributed by atoms with Crippen LogP contribution in [0.4, 0.5) is 0 Å². The first kappa shape index (κ1) is 74.5. The van der Waals surface area contributed by atoms with Gasteiger partial charge in [-0.15, -0.1) is 0 Å². The Kier molecular flexibility index (Phi) is 42.2. The number of nitrogens with one attached hydrogen (secondary N) is 1. The second kappa shape index (κ2) is 46.4. The smallest absolute Gasteiger partial charge is 0.220 e. The third-order valence-corrected chi connectivity index (χ3v) is 16.5. The van der Waals surface area contributed by atoms with Crippen LogP contribution in [0.3, 0.4) is 0 Å². The van der Waals surface area contributed by atoms with Gasteiger partial charge in [0, 0.05) is 6.42 Å². The van der Waals surface area contributed by atoms with Crippen molar-refractivity contribution in [2.24, 2.45) is 0 Å². The lowest BCUT2D eigenvalue weighted by Gasteiger charge is -2.48. The van der Waals surface area contributed by atoms with Crippen molar-refractivity contribution < 1.29 is 89.4 Å². The van der Waals surface area contributed by atoms with E-state index in [0.717, 1.165) is 70.6 Å². The molecule has 3 saturated heterocycles. The van der Waals surface area contributed by atoms with Gasteiger partial charge in [-0.3, -0.25) is 4.79 Å². The largest absolute Gasteiger partial charge is 0.394 e. The van der Waals surface area contributed by atoms with Crippen LogP contribution in [-0.4, -0.2) is 193 Å². The second-order valence-corrected chi connectivity index (χ2v) is 23.6. The van der Waals surface area contributed by atoms with Gasteiger partial charge in [-0.25, -0.2) is 0 Å². The average molecular weight is 1180 g/mol. The first-order valence-corrected chi connectivity index (χ1v) is 32.6. The summed E-state index contributed by atoms with van der Waals surface area (Å²) in [6.45, 7) is 1.66. The molecule has 82 heavy (non-hydrogen) atoms. The number of aliphatic hydroxyl groups excluding tert-OH is 11. The van der Waals surface area contributed by atoms with Gasteiger partial charge in [0.2, 0.25) is 5.91 Å². The summed E-state index contributed by atoms with van der Waals surface area (Å²) < 4.78 is 34.2. The van der Waals surface area contributed by atoms with Crippen LogP contribution in [0, 0.1) is 0 Å². The van der Waals surface area contributed by atoms with E-state index in [9.17, 15) is 61.0 Å². The monoisotopic (exact) mass is 1180 g/mol. The zero-order valence-electron chi connectivity index (χ0n) is 50.5. The summed E-state index contributed by atoms with van der Waals surface area (Å²) in [5.41, 5.74) is 0. The van der Waals surface area contributed by atoms with Gasteiger partial charge in [-0.1, -0.05) is 218 Å². The molecule has 0 bridgehead atoms.